The van der Waals surface area contributed by atoms with E-state index in [4.69, 9.17) is 5.11 Å². The van der Waals surface area contributed by atoms with E-state index in [1.807, 2.05) is 4.90 Å². The number of carbonyl (C=O) groups is 2. The van der Waals surface area contributed by atoms with E-state index in [1.165, 1.54) is 6.07 Å². The second-order valence-electron chi connectivity index (χ2n) is 5.91. The van der Waals surface area contributed by atoms with Gasteiger partial charge in [0.15, 0.2) is 0 Å². The lowest BCUT2D eigenvalue weighted by molar-refractivity contribution is 0.0697. The van der Waals surface area contributed by atoms with Gasteiger partial charge in [0.05, 0.1) is 5.56 Å². The van der Waals surface area contributed by atoms with Crippen LogP contribution in [0.3, 0.4) is 0 Å². The summed E-state index contributed by atoms with van der Waals surface area (Å²) in [6.45, 7) is 6.83. The molecule has 1 saturated heterocycles. The first-order valence-electron chi connectivity index (χ1n) is 7.31. The number of benzene rings is 1. The molecule has 0 radical (unpaired) electrons. The van der Waals surface area contributed by atoms with E-state index in [-0.39, 0.29) is 17.6 Å². The van der Waals surface area contributed by atoms with Crippen molar-refractivity contribution >= 4 is 17.7 Å². The fourth-order valence-corrected chi connectivity index (χ4v) is 2.86. The Hall–Kier alpha value is -2.04. The molecule has 2 amide bonds. The van der Waals surface area contributed by atoms with Gasteiger partial charge in [-0.1, -0.05) is 13.8 Å². The molecule has 1 aromatic carbocycles. The minimum absolute atomic E-state index is 0.0997. The predicted octanol–water partition coefficient (Wildman–Crippen LogP) is 3.35. The molecule has 0 saturated carbocycles. The Labute approximate surface area is 125 Å². The Kier molecular flexibility index (Phi) is 4.50. The lowest BCUT2D eigenvalue weighted by Crippen LogP contribution is -2.41. The molecule has 1 atom stereocenters. The molecule has 1 aliphatic heterocycles. The molecule has 1 aromatic rings. The Morgan fingerprint density at radius 2 is 2.10 bits per heavy atom. The Morgan fingerprint density at radius 3 is 2.67 bits per heavy atom. The number of nitrogens with one attached hydrogen (secondary N) is 1. The van der Waals surface area contributed by atoms with Gasteiger partial charge >= 0.3 is 12.0 Å². The third-order valence-electron chi connectivity index (χ3n) is 4.04. The molecule has 0 aromatic heterocycles. The van der Waals surface area contributed by atoms with Crippen LogP contribution in [0, 0.1) is 12.8 Å². The first kappa shape index (κ1) is 15.4. The highest BCUT2D eigenvalue weighted by Crippen LogP contribution is 2.25. The number of amides is 2. The van der Waals surface area contributed by atoms with Gasteiger partial charge in [-0.3, -0.25) is 0 Å². The molecular formula is C16H22N2O3. The van der Waals surface area contributed by atoms with Crippen LogP contribution in [0.2, 0.25) is 0 Å². The molecule has 5 heteroatoms. The summed E-state index contributed by atoms with van der Waals surface area (Å²) in [5.41, 5.74) is 1.65. The zero-order valence-corrected chi connectivity index (χ0v) is 12.7. The van der Waals surface area contributed by atoms with Crippen molar-refractivity contribution in [3.8, 4) is 0 Å². The zero-order chi connectivity index (χ0) is 15.6. The average molecular weight is 290 g/mol. The van der Waals surface area contributed by atoms with Crippen molar-refractivity contribution in [3.63, 3.8) is 0 Å². The van der Waals surface area contributed by atoms with Gasteiger partial charge in [0, 0.05) is 18.3 Å². The molecule has 2 N–H and O–H groups in total. The minimum Gasteiger partial charge on any atom is -0.478 e. The number of carboxylic acid groups (broad SMARTS) is 1. The fraction of sp³-hybridized carbons (Fsp3) is 0.500. The first-order chi connectivity index (χ1) is 9.90. The van der Waals surface area contributed by atoms with Crippen molar-refractivity contribution in [1.29, 1.82) is 0 Å². The lowest BCUT2D eigenvalue weighted by atomic mass is 10.0. The number of hydrogen-bond acceptors (Lipinski definition) is 2. The quantitative estimate of drug-likeness (QED) is 0.897. The maximum atomic E-state index is 12.4. The molecule has 0 aliphatic carbocycles. The van der Waals surface area contributed by atoms with E-state index in [0.717, 1.165) is 24.9 Å². The molecule has 0 spiro atoms. The van der Waals surface area contributed by atoms with Crippen molar-refractivity contribution in [2.24, 2.45) is 5.92 Å². The summed E-state index contributed by atoms with van der Waals surface area (Å²) in [5, 5.41) is 11.9. The van der Waals surface area contributed by atoms with E-state index in [0.29, 0.717) is 11.6 Å². The summed E-state index contributed by atoms with van der Waals surface area (Å²) in [4.78, 5) is 25.2. The van der Waals surface area contributed by atoms with Crippen LogP contribution in [0.5, 0.6) is 0 Å². The molecule has 1 aliphatic rings. The van der Waals surface area contributed by atoms with Gasteiger partial charge < -0.3 is 15.3 Å². The lowest BCUT2D eigenvalue weighted by Gasteiger charge is -2.28. The third kappa shape index (κ3) is 3.35. The van der Waals surface area contributed by atoms with Gasteiger partial charge in [0.1, 0.15) is 0 Å². The van der Waals surface area contributed by atoms with E-state index in [9.17, 15) is 9.59 Å². The molecular weight excluding hydrogens is 268 g/mol. The van der Waals surface area contributed by atoms with Gasteiger partial charge in [-0.25, -0.2) is 9.59 Å². The maximum absolute atomic E-state index is 12.4. The highest BCUT2D eigenvalue weighted by atomic mass is 16.4. The van der Waals surface area contributed by atoms with Crippen LogP contribution in [0.15, 0.2) is 18.2 Å². The number of aromatic carboxylic acids is 1. The SMILES string of the molecule is Cc1cc(C(=O)O)ccc1NC(=O)N1CCCC1C(C)C. The topological polar surface area (TPSA) is 69.6 Å². The highest BCUT2D eigenvalue weighted by molar-refractivity contribution is 5.93. The van der Waals surface area contributed by atoms with Gasteiger partial charge in [-0.15, -0.1) is 0 Å². The first-order valence-corrected chi connectivity index (χ1v) is 7.31. The van der Waals surface area contributed by atoms with Crippen molar-refractivity contribution in [3.05, 3.63) is 29.3 Å². The predicted molar refractivity (Wildman–Crippen MR) is 81.7 cm³/mol. The van der Waals surface area contributed by atoms with E-state index >= 15 is 0 Å². The number of urea groups is 1. The molecule has 2 rings (SSSR count). The number of aryl methyl sites for hydroxylation is 1. The van der Waals surface area contributed by atoms with Crippen LogP contribution in [-0.4, -0.2) is 34.6 Å². The number of carbonyl (C=O) groups excluding carboxylic acids is 1. The summed E-state index contributed by atoms with van der Waals surface area (Å²) >= 11 is 0. The van der Waals surface area contributed by atoms with Crippen molar-refractivity contribution < 1.29 is 14.7 Å². The Morgan fingerprint density at radius 1 is 1.38 bits per heavy atom. The number of nitrogens with zero attached hydrogens (tertiary/aromatic N) is 1. The van der Waals surface area contributed by atoms with E-state index < -0.39 is 5.97 Å². The summed E-state index contributed by atoms with van der Waals surface area (Å²) < 4.78 is 0. The number of likely N-dealkylation sites (tertiary alicyclic amines) is 1. The molecule has 1 fully saturated rings. The molecule has 1 heterocycles. The van der Waals surface area contributed by atoms with Crippen LogP contribution < -0.4 is 5.32 Å². The average Bonchev–Trinajstić information content (AvgIpc) is 2.90. The second-order valence-corrected chi connectivity index (χ2v) is 5.91. The van der Waals surface area contributed by atoms with E-state index in [1.54, 1.807) is 19.1 Å². The molecule has 21 heavy (non-hydrogen) atoms. The molecule has 114 valence electrons. The van der Waals surface area contributed by atoms with Crippen molar-refractivity contribution in [1.82, 2.24) is 4.90 Å². The Bertz CT molecular complexity index is 554. The number of anilines is 1. The van der Waals surface area contributed by atoms with Crippen molar-refractivity contribution in [2.75, 3.05) is 11.9 Å². The molecule has 1 unspecified atom stereocenters. The van der Waals surface area contributed by atoms with Gasteiger partial charge in [0.25, 0.3) is 0 Å². The highest BCUT2D eigenvalue weighted by Gasteiger charge is 2.30. The molecule has 5 nitrogen and oxygen atoms in total. The third-order valence-corrected chi connectivity index (χ3v) is 4.04. The summed E-state index contributed by atoms with van der Waals surface area (Å²) in [7, 11) is 0. The molecule has 0 bridgehead atoms. The van der Waals surface area contributed by atoms with Crippen LogP contribution in [0.4, 0.5) is 10.5 Å². The summed E-state index contributed by atoms with van der Waals surface area (Å²) in [6, 6.07) is 4.91. The summed E-state index contributed by atoms with van der Waals surface area (Å²) in [5.74, 6) is -0.524. The number of rotatable bonds is 3. The maximum Gasteiger partial charge on any atom is 0.335 e. The Balaban J connectivity index is 2.11. The smallest absolute Gasteiger partial charge is 0.335 e. The van der Waals surface area contributed by atoms with Gasteiger partial charge in [-0.05, 0) is 49.4 Å². The fourth-order valence-electron chi connectivity index (χ4n) is 2.86. The van der Waals surface area contributed by atoms with Crippen molar-refractivity contribution in [2.45, 2.75) is 39.7 Å². The zero-order valence-electron chi connectivity index (χ0n) is 12.7. The van der Waals surface area contributed by atoms with Crippen LogP contribution >= 0.6 is 0 Å². The minimum atomic E-state index is -0.963. The van der Waals surface area contributed by atoms with Crippen LogP contribution in [0.1, 0.15) is 42.6 Å². The number of hydrogen-bond donors (Lipinski definition) is 2. The van der Waals surface area contributed by atoms with Crippen LogP contribution in [0.25, 0.3) is 0 Å². The standard InChI is InChI=1S/C16H22N2O3/c1-10(2)14-5-4-8-18(14)16(21)17-13-7-6-12(15(19)20)9-11(13)3/h6-7,9-10,14H,4-5,8H2,1-3H3,(H,17,21)(H,19,20). The van der Waals surface area contributed by atoms with Gasteiger partial charge in [0.2, 0.25) is 0 Å². The number of carboxylic acids is 1. The normalized spacial score (nSPS) is 18.1. The largest absolute Gasteiger partial charge is 0.478 e. The van der Waals surface area contributed by atoms with Gasteiger partial charge in [-0.2, -0.15) is 0 Å². The summed E-state index contributed by atoms with van der Waals surface area (Å²) in [6.07, 6.45) is 2.08. The second kappa shape index (κ2) is 6.16. The monoisotopic (exact) mass is 290 g/mol. The van der Waals surface area contributed by atoms with Crippen LogP contribution in [-0.2, 0) is 0 Å². The van der Waals surface area contributed by atoms with E-state index in [2.05, 4.69) is 19.2 Å².